The Labute approximate surface area is 348 Å². The molecule has 9 nitrogen and oxygen atoms in total. The molecule has 0 bridgehead atoms. The number of fused-ring (bicyclic) bond motifs is 6. The van der Waals surface area contributed by atoms with Crippen molar-refractivity contribution in [3.05, 3.63) is 137 Å². The third kappa shape index (κ3) is 5.08. The summed E-state index contributed by atoms with van der Waals surface area (Å²) in [6.45, 7) is 5.29. The van der Waals surface area contributed by atoms with Gasteiger partial charge in [0.05, 0.1) is 40.9 Å². The lowest BCUT2D eigenvalue weighted by molar-refractivity contribution is -0.0693. The lowest BCUT2D eigenvalue weighted by atomic mass is 9.31. The fourth-order valence-corrected chi connectivity index (χ4v) is 10.6. The summed E-state index contributed by atoms with van der Waals surface area (Å²) >= 11 is 0. The minimum absolute atomic E-state index is 0.159. The van der Waals surface area contributed by atoms with Crippen LogP contribution in [0.25, 0.3) is 50.2 Å². The molecule has 10 heteroatoms. The first-order valence-electron chi connectivity index (χ1n) is 20.7. The summed E-state index contributed by atoms with van der Waals surface area (Å²) in [6, 6.07) is 34.7. The SMILES string of the molecule is COCOCC1=CC(C)(COCOC)C2Oc3ccc(-n4c5c(c6cc7c8ccccc8n(-c8ccccc8)c7cc64)CC(C)C=C5)c4c3B3C2=C1Oc1cccc(c13)O4. The molecule has 3 unspecified atom stereocenters. The summed E-state index contributed by atoms with van der Waals surface area (Å²) in [5.41, 5.74) is 11.5. The van der Waals surface area contributed by atoms with Crippen LogP contribution < -0.4 is 25.1 Å². The van der Waals surface area contributed by atoms with E-state index in [1.165, 1.54) is 32.9 Å². The van der Waals surface area contributed by atoms with Crippen molar-refractivity contribution < 1.29 is 33.2 Å². The molecule has 0 fully saturated rings. The van der Waals surface area contributed by atoms with Crippen LogP contribution >= 0.6 is 0 Å². The van der Waals surface area contributed by atoms with Gasteiger partial charge in [-0.1, -0.05) is 61.5 Å². The number of ether oxygens (including phenoxy) is 7. The van der Waals surface area contributed by atoms with Gasteiger partial charge < -0.3 is 42.3 Å². The van der Waals surface area contributed by atoms with Crippen LogP contribution in [0.1, 0.15) is 25.1 Å². The first kappa shape index (κ1) is 35.9. The Morgan fingerprint density at radius 1 is 0.750 bits per heavy atom. The average molecular weight is 795 g/mol. The quantitative estimate of drug-likeness (QED) is 0.0779. The Morgan fingerprint density at radius 2 is 1.53 bits per heavy atom. The van der Waals surface area contributed by atoms with Crippen LogP contribution in [-0.2, 0) is 25.4 Å². The highest BCUT2D eigenvalue weighted by atomic mass is 16.7. The number of methoxy groups -OCH3 is 2. The molecule has 3 atom stereocenters. The van der Waals surface area contributed by atoms with Gasteiger partial charge in [0.1, 0.15) is 48.4 Å². The minimum atomic E-state index is -0.576. The second-order valence-corrected chi connectivity index (χ2v) is 16.9. The van der Waals surface area contributed by atoms with E-state index >= 15 is 0 Å². The van der Waals surface area contributed by atoms with E-state index in [1.807, 2.05) is 12.1 Å². The Bertz CT molecular complexity index is 3030. The van der Waals surface area contributed by atoms with Crippen LogP contribution in [0.5, 0.6) is 23.0 Å². The van der Waals surface area contributed by atoms with E-state index in [0.29, 0.717) is 19.1 Å². The Balaban J connectivity index is 1.12. The van der Waals surface area contributed by atoms with E-state index in [0.717, 1.165) is 79.6 Å². The van der Waals surface area contributed by atoms with Crippen LogP contribution in [0.15, 0.2) is 126 Å². The fraction of sp³-hybridized carbons (Fsp3) is 0.240. The molecule has 0 saturated heterocycles. The number of hydrogen-bond acceptors (Lipinski definition) is 7. The van der Waals surface area contributed by atoms with Gasteiger partial charge in [-0.3, -0.25) is 0 Å². The van der Waals surface area contributed by atoms with Gasteiger partial charge in [0.2, 0.25) is 0 Å². The number of nitrogens with zero attached hydrogens (tertiary/aromatic N) is 2. The first-order valence-corrected chi connectivity index (χ1v) is 20.7. The molecule has 12 rings (SSSR count). The molecule has 0 radical (unpaired) electrons. The predicted molar refractivity (Wildman–Crippen MR) is 235 cm³/mol. The molecule has 2 aliphatic carbocycles. The second kappa shape index (κ2) is 13.5. The summed E-state index contributed by atoms with van der Waals surface area (Å²) < 4.78 is 48.8. The van der Waals surface area contributed by atoms with E-state index in [-0.39, 0.29) is 26.4 Å². The molecule has 7 aromatic rings. The van der Waals surface area contributed by atoms with E-state index in [1.54, 1.807) is 14.2 Å². The van der Waals surface area contributed by atoms with Gasteiger partial charge in [0, 0.05) is 58.3 Å². The zero-order valence-electron chi connectivity index (χ0n) is 34.0. The van der Waals surface area contributed by atoms with Gasteiger partial charge in [-0.15, -0.1) is 0 Å². The first-order chi connectivity index (χ1) is 29.5. The van der Waals surface area contributed by atoms with E-state index in [4.69, 9.17) is 33.2 Å². The summed E-state index contributed by atoms with van der Waals surface area (Å²) in [4.78, 5) is 0. The van der Waals surface area contributed by atoms with Crippen LogP contribution in [-0.4, -0.2) is 63.0 Å². The van der Waals surface area contributed by atoms with Crippen molar-refractivity contribution in [2.75, 3.05) is 41.0 Å². The standard InChI is InChI=1S/C50H43BN2O7/c1-29-17-18-37-33(21-29)35-22-34-32-13-8-9-14-36(32)52(31-11-6-5-7-12-31)39(34)23-40(35)53(37)38-19-20-43-45-48(38)59-42-16-10-15-41-44(42)51(45)46-47(58-41)30(25-56-27-54-3)24-50(2,49(46)60-43)26-57-28-55-4/h5-20,22-24,29,49H,21,25-28H2,1-4H3. The second-order valence-electron chi connectivity index (χ2n) is 16.9. The third-order valence-electron chi connectivity index (χ3n) is 13.0. The summed E-state index contributed by atoms with van der Waals surface area (Å²) in [5.74, 6) is 4.31. The normalized spacial score (nSPS) is 20.5. The molecular formula is C50H43BN2O7. The maximum atomic E-state index is 7.18. The molecule has 0 amide bonds. The topological polar surface area (TPSA) is 74.5 Å². The maximum Gasteiger partial charge on any atom is 0.265 e. The van der Waals surface area contributed by atoms with Gasteiger partial charge in [-0.25, -0.2) is 0 Å². The summed E-state index contributed by atoms with van der Waals surface area (Å²) in [5, 5.41) is 3.73. The van der Waals surface area contributed by atoms with Crippen molar-refractivity contribution in [1.29, 1.82) is 0 Å². The number of para-hydroxylation sites is 2. The third-order valence-corrected chi connectivity index (χ3v) is 13.0. The minimum Gasteiger partial charge on any atom is -0.486 e. The van der Waals surface area contributed by atoms with Gasteiger partial charge in [0.15, 0.2) is 0 Å². The lowest BCUT2D eigenvalue weighted by Gasteiger charge is -2.49. The van der Waals surface area contributed by atoms with Gasteiger partial charge in [0.25, 0.3) is 6.71 Å². The fourth-order valence-electron chi connectivity index (χ4n) is 10.6. The van der Waals surface area contributed by atoms with E-state index in [9.17, 15) is 0 Å². The summed E-state index contributed by atoms with van der Waals surface area (Å²) in [7, 11) is 3.27. The molecule has 298 valence electrons. The van der Waals surface area contributed by atoms with Crippen molar-refractivity contribution in [3.8, 4) is 34.4 Å². The molecule has 0 N–H and O–H groups in total. The van der Waals surface area contributed by atoms with E-state index < -0.39 is 5.41 Å². The zero-order valence-corrected chi connectivity index (χ0v) is 34.0. The Hall–Kier alpha value is -6.04. The number of benzene rings is 5. The Kier molecular flexibility index (Phi) is 8.07. The predicted octanol–water partition coefficient (Wildman–Crippen LogP) is 8.78. The highest BCUT2D eigenvalue weighted by Gasteiger charge is 2.56. The van der Waals surface area contributed by atoms with Gasteiger partial charge >= 0.3 is 0 Å². The smallest absolute Gasteiger partial charge is 0.265 e. The van der Waals surface area contributed by atoms with Crippen molar-refractivity contribution in [3.63, 3.8) is 0 Å². The number of aromatic nitrogens is 2. The molecule has 3 aliphatic heterocycles. The maximum absolute atomic E-state index is 7.18. The monoisotopic (exact) mass is 794 g/mol. The molecule has 5 aromatic carbocycles. The summed E-state index contributed by atoms with van der Waals surface area (Å²) in [6.07, 6.45) is 7.39. The lowest BCUT2D eigenvalue weighted by Crippen LogP contribution is -2.62. The molecule has 5 heterocycles. The zero-order chi connectivity index (χ0) is 40.3. The van der Waals surface area contributed by atoms with Crippen LogP contribution in [0.2, 0.25) is 0 Å². The highest BCUT2D eigenvalue weighted by molar-refractivity contribution is 6.94. The number of hydrogen-bond donors (Lipinski definition) is 0. The molecular weight excluding hydrogens is 751 g/mol. The van der Waals surface area contributed by atoms with Crippen molar-refractivity contribution in [2.24, 2.45) is 11.3 Å². The largest absolute Gasteiger partial charge is 0.486 e. The van der Waals surface area contributed by atoms with Gasteiger partial charge in [-0.2, -0.15) is 0 Å². The molecule has 0 spiro atoms. The Morgan fingerprint density at radius 3 is 2.38 bits per heavy atom. The number of allylic oxidation sites excluding steroid dienone is 1. The van der Waals surface area contributed by atoms with Gasteiger partial charge in [-0.05, 0) is 91.0 Å². The molecule has 2 aromatic heterocycles. The van der Waals surface area contributed by atoms with Crippen LogP contribution in [0.3, 0.4) is 0 Å². The van der Waals surface area contributed by atoms with Crippen LogP contribution in [0, 0.1) is 11.3 Å². The number of rotatable bonds is 10. The molecule has 0 saturated carbocycles. The van der Waals surface area contributed by atoms with E-state index in [2.05, 4.69) is 126 Å². The van der Waals surface area contributed by atoms with Crippen LogP contribution in [0.4, 0.5) is 0 Å². The van der Waals surface area contributed by atoms with Crippen molar-refractivity contribution >= 4 is 56.4 Å². The van der Waals surface area contributed by atoms with Crippen molar-refractivity contribution in [2.45, 2.75) is 26.4 Å². The highest BCUT2D eigenvalue weighted by Crippen LogP contribution is 2.51. The van der Waals surface area contributed by atoms with Crippen molar-refractivity contribution in [1.82, 2.24) is 9.13 Å². The molecule has 5 aliphatic rings. The molecule has 60 heavy (non-hydrogen) atoms. The average Bonchev–Trinajstić information content (AvgIpc) is 3.76.